The van der Waals surface area contributed by atoms with E-state index in [9.17, 15) is 14.3 Å². The average Bonchev–Trinajstić information content (AvgIpc) is 3.18. The molecule has 6 nitrogen and oxygen atoms in total. The summed E-state index contributed by atoms with van der Waals surface area (Å²) in [6, 6.07) is 12.1. The minimum Gasteiger partial charge on any atom is -0.493 e. The third-order valence-corrected chi connectivity index (χ3v) is 6.73. The average molecular weight is 520 g/mol. The molecule has 3 aromatic rings. The molecule has 1 aromatic heterocycles. The summed E-state index contributed by atoms with van der Waals surface area (Å²) in [6.07, 6.45) is 3.08. The Bertz CT molecular complexity index is 1180. The number of hydrogen-bond donors (Lipinski definition) is 2. The fourth-order valence-corrected chi connectivity index (χ4v) is 4.84. The number of aliphatic hydroxyl groups is 1. The van der Waals surface area contributed by atoms with E-state index in [0.717, 1.165) is 24.8 Å². The van der Waals surface area contributed by atoms with E-state index in [-0.39, 0.29) is 17.6 Å². The van der Waals surface area contributed by atoms with Gasteiger partial charge in [-0.1, -0.05) is 36.0 Å². The van der Waals surface area contributed by atoms with Crippen LogP contribution < -0.4 is 10.1 Å². The maximum absolute atomic E-state index is 13.2. The summed E-state index contributed by atoms with van der Waals surface area (Å²) in [5.41, 5.74) is 3.00. The zero-order chi connectivity index (χ0) is 24.9. The molecule has 1 aliphatic rings. The Morgan fingerprint density at radius 3 is 2.63 bits per heavy atom. The van der Waals surface area contributed by atoms with Crippen molar-refractivity contribution in [2.45, 2.75) is 51.2 Å². The maximum Gasteiger partial charge on any atom is 0.272 e. The number of nitrogens with zero attached hydrogens (tertiary/aromatic N) is 2. The van der Waals surface area contributed by atoms with Gasteiger partial charge in [-0.3, -0.25) is 9.18 Å². The number of halogens is 3. The molecule has 0 bridgehead atoms. The van der Waals surface area contributed by atoms with Crippen LogP contribution in [-0.2, 0) is 0 Å². The topological polar surface area (TPSA) is 76.4 Å². The lowest BCUT2D eigenvalue weighted by Crippen LogP contribution is -2.45. The number of benzene rings is 2. The highest BCUT2D eigenvalue weighted by Gasteiger charge is 2.28. The molecule has 2 N–H and O–H groups in total. The van der Waals surface area contributed by atoms with Crippen LogP contribution in [0.25, 0.3) is 16.9 Å². The molecule has 1 saturated carbocycles. The van der Waals surface area contributed by atoms with E-state index in [2.05, 4.69) is 10.4 Å². The summed E-state index contributed by atoms with van der Waals surface area (Å²) < 4.78 is 19.6. The molecular formula is C26H28Cl2FN3O3. The monoisotopic (exact) mass is 519 g/mol. The molecule has 1 aliphatic carbocycles. The van der Waals surface area contributed by atoms with E-state index in [1.807, 2.05) is 19.1 Å². The number of nitrogens with one attached hydrogen (secondary N) is 1. The Morgan fingerprint density at radius 1 is 1.20 bits per heavy atom. The van der Waals surface area contributed by atoms with Crippen LogP contribution in [-0.4, -0.2) is 46.2 Å². The first kappa shape index (κ1) is 25.5. The van der Waals surface area contributed by atoms with Crippen LogP contribution in [0.2, 0.25) is 10.0 Å². The number of amides is 1. The maximum atomic E-state index is 13.2. The lowest BCUT2D eigenvalue weighted by atomic mass is 9.92. The standard InChI is InChI=1S/C26H28Cl2FN3O3/c1-16-24(26(34)30-21-5-2-3-6-23(21)33)31-32(22-12-9-18(27)15-20(22)28)25(16)17-7-10-19(11-8-17)35-14-4-13-29/h7-12,15,21,23,33H,2-6,13-14H2,1H3,(H,30,34)/t21-,23+/m1/s1. The normalized spacial score (nSPS) is 17.9. The molecular weight excluding hydrogens is 492 g/mol. The molecule has 2 atom stereocenters. The molecule has 1 fully saturated rings. The van der Waals surface area contributed by atoms with Crippen LogP contribution in [0, 0.1) is 6.92 Å². The first-order valence-electron chi connectivity index (χ1n) is 11.7. The minimum atomic E-state index is -0.565. The SMILES string of the molecule is Cc1c(C(=O)N[C@@H]2CCCC[C@@H]2O)nn(-c2ccc(Cl)cc2Cl)c1-c1ccc(OCCCF)cc1. The van der Waals surface area contributed by atoms with Gasteiger partial charge in [0.2, 0.25) is 0 Å². The van der Waals surface area contributed by atoms with Gasteiger partial charge in [-0.25, -0.2) is 4.68 Å². The molecule has 2 aromatic carbocycles. The van der Waals surface area contributed by atoms with Crippen molar-refractivity contribution in [3.63, 3.8) is 0 Å². The predicted molar refractivity (Wildman–Crippen MR) is 136 cm³/mol. The summed E-state index contributed by atoms with van der Waals surface area (Å²) in [7, 11) is 0. The van der Waals surface area contributed by atoms with Crippen molar-refractivity contribution in [1.29, 1.82) is 0 Å². The van der Waals surface area contributed by atoms with Gasteiger partial charge < -0.3 is 15.2 Å². The van der Waals surface area contributed by atoms with E-state index < -0.39 is 12.8 Å². The van der Waals surface area contributed by atoms with E-state index >= 15 is 0 Å². The van der Waals surface area contributed by atoms with E-state index in [1.165, 1.54) is 0 Å². The lowest BCUT2D eigenvalue weighted by molar-refractivity contribution is 0.0713. The molecule has 1 amide bonds. The number of carbonyl (C=O) groups excluding carboxylic acids is 1. The van der Waals surface area contributed by atoms with Gasteiger partial charge in [-0.2, -0.15) is 5.10 Å². The molecule has 186 valence electrons. The number of rotatable bonds is 8. The molecule has 0 saturated heterocycles. The summed E-state index contributed by atoms with van der Waals surface area (Å²) >= 11 is 12.6. The Morgan fingerprint density at radius 2 is 1.94 bits per heavy atom. The Kier molecular flexibility index (Phi) is 8.31. The van der Waals surface area contributed by atoms with Crippen LogP contribution in [0.1, 0.15) is 48.2 Å². The van der Waals surface area contributed by atoms with Gasteiger partial charge in [0.05, 0.1) is 41.8 Å². The second kappa shape index (κ2) is 11.4. The molecule has 0 spiro atoms. The molecule has 1 heterocycles. The van der Waals surface area contributed by atoms with Crippen LogP contribution in [0.4, 0.5) is 4.39 Å². The number of aromatic nitrogens is 2. The smallest absolute Gasteiger partial charge is 0.272 e. The molecule has 35 heavy (non-hydrogen) atoms. The number of carbonyl (C=O) groups is 1. The third-order valence-electron chi connectivity index (χ3n) is 6.20. The first-order valence-corrected chi connectivity index (χ1v) is 12.5. The van der Waals surface area contributed by atoms with Crippen molar-refractivity contribution in [3.8, 4) is 22.7 Å². The van der Waals surface area contributed by atoms with Gasteiger partial charge in [0.15, 0.2) is 5.69 Å². The quantitative estimate of drug-likeness (QED) is 0.361. The second-order valence-electron chi connectivity index (χ2n) is 8.68. The van der Waals surface area contributed by atoms with Crippen LogP contribution >= 0.6 is 23.2 Å². The zero-order valence-electron chi connectivity index (χ0n) is 19.4. The van der Waals surface area contributed by atoms with Gasteiger partial charge in [0.1, 0.15) is 5.75 Å². The summed E-state index contributed by atoms with van der Waals surface area (Å²) in [6.45, 7) is 1.70. The van der Waals surface area contributed by atoms with E-state index in [1.54, 1.807) is 35.0 Å². The molecule has 4 rings (SSSR count). The van der Waals surface area contributed by atoms with Crippen molar-refractivity contribution >= 4 is 29.1 Å². The van der Waals surface area contributed by atoms with Crippen molar-refractivity contribution in [3.05, 3.63) is 63.8 Å². The predicted octanol–water partition coefficient (Wildman–Crippen LogP) is 5.93. The third kappa shape index (κ3) is 5.80. The summed E-state index contributed by atoms with van der Waals surface area (Å²) in [5, 5.41) is 18.8. The number of hydrogen-bond acceptors (Lipinski definition) is 4. The van der Waals surface area contributed by atoms with Crippen molar-refractivity contribution < 1.29 is 19.0 Å². The van der Waals surface area contributed by atoms with Gasteiger partial charge in [0.25, 0.3) is 5.91 Å². The van der Waals surface area contributed by atoms with Crippen molar-refractivity contribution in [1.82, 2.24) is 15.1 Å². The van der Waals surface area contributed by atoms with Crippen LogP contribution in [0.5, 0.6) is 5.75 Å². The van der Waals surface area contributed by atoms with Crippen LogP contribution in [0.15, 0.2) is 42.5 Å². The van der Waals surface area contributed by atoms with Gasteiger partial charge in [0, 0.05) is 22.6 Å². The highest BCUT2D eigenvalue weighted by molar-refractivity contribution is 6.35. The Hall–Kier alpha value is -2.61. The Labute approximate surface area is 214 Å². The Balaban J connectivity index is 1.72. The zero-order valence-corrected chi connectivity index (χ0v) is 20.9. The lowest BCUT2D eigenvalue weighted by Gasteiger charge is -2.28. The number of alkyl halides is 1. The molecule has 0 unspecified atom stereocenters. The fourth-order valence-electron chi connectivity index (χ4n) is 4.35. The highest BCUT2D eigenvalue weighted by Crippen LogP contribution is 2.33. The highest BCUT2D eigenvalue weighted by atomic mass is 35.5. The van der Waals surface area contributed by atoms with E-state index in [4.69, 9.17) is 27.9 Å². The second-order valence-corrected chi connectivity index (χ2v) is 9.52. The summed E-state index contributed by atoms with van der Waals surface area (Å²) in [5.74, 6) is 0.282. The van der Waals surface area contributed by atoms with Crippen molar-refractivity contribution in [2.75, 3.05) is 13.3 Å². The number of ether oxygens (including phenoxy) is 1. The van der Waals surface area contributed by atoms with Gasteiger partial charge >= 0.3 is 0 Å². The van der Waals surface area contributed by atoms with E-state index in [0.29, 0.717) is 52.2 Å². The fraction of sp³-hybridized carbons (Fsp3) is 0.385. The van der Waals surface area contributed by atoms with Gasteiger partial charge in [-0.05, 0) is 62.2 Å². The summed E-state index contributed by atoms with van der Waals surface area (Å²) in [4.78, 5) is 13.2. The van der Waals surface area contributed by atoms with Gasteiger partial charge in [-0.15, -0.1) is 0 Å². The minimum absolute atomic E-state index is 0.257. The van der Waals surface area contributed by atoms with Crippen molar-refractivity contribution in [2.24, 2.45) is 0 Å². The first-order chi connectivity index (χ1) is 16.9. The molecule has 0 aliphatic heterocycles. The molecule has 9 heteroatoms. The van der Waals surface area contributed by atoms with Crippen LogP contribution in [0.3, 0.4) is 0 Å². The number of aliphatic hydroxyl groups excluding tert-OH is 1. The molecule has 0 radical (unpaired) electrons. The largest absolute Gasteiger partial charge is 0.493 e.